The van der Waals surface area contributed by atoms with Gasteiger partial charge in [0, 0.05) is 6.61 Å². The molecule has 3 rings (SSSR count). The molecule has 0 atom stereocenters. The zero-order valence-corrected chi connectivity index (χ0v) is 18.5. The summed E-state index contributed by atoms with van der Waals surface area (Å²) in [7, 11) is -2.46. The Hall–Kier alpha value is -1.68. The normalized spacial score (nSPS) is 23.4. The van der Waals surface area contributed by atoms with E-state index in [4.69, 9.17) is 4.43 Å². The van der Waals surface area contributed by atoms with Crippen molar-refractivity contribution >= 4 is 18.7 Å². The maximum absolute atomic E-state index is 10.5. The molecule has 2 aromatic rings. The lowest BCUT2D eigenvalue weighted by Gasteiger charge is -2.44. The highest BCUT2D eigenvalue weighted by Gasteiger charge is 2.50. The van der Waals surface area contributed by atoms with Crippen LogP contribution in [0.25, 0.3) is 0 Å². The van der Waals surface area contributed by atoms with E-state index < -0.39 is 13.9 Å². The molecule has 0 aliphatic heterocycles. The topological polar surface area (TPSA) is 29.5 Å². The summed E-state index contributed by atoms with van der Waals surface area (Å²) in [6, 6.07) is 21.6. The maximum atomic E-state index is 10.5. The highest BCUT2D eigenvalue weighted by atomic mass is 28.4. The van der Waals surface area contributed by atoms with E-state index in [2.05, 4.69) is 88.0 Å². The fraction of sp³-hybridized carbons (Fsp3) is 0.440. The lowest BCUT2D eigenvalue weighted by molar-refractivity contribution is 0.0262. The molecule has 0 aromatic heterocycles. The van der Waals surface area contributed by atoms with Gasteiger partial charge >= 0.3 is 0 Å². The molecule has 1 N–H and O–H groups in total. The van der Waals surface area contributed by atoms with Gasteiger partial charge in [-0.2, -0.15) is 0 Å². The monoisotopic (exact) mass is 394 g/mol. The van der Waals surface area contributed by atoms with Gasteiger partial charge < -0.3 is 9.53 Å². The van der Waals surface area contributed by atoms with Gasteiger partial charge in [-0.05, 0) is 47.0 Å². The predicted octanol–water partition coefficient (Wildman–Crippen LogP) is 4.67. The molecule has 150 valence electrons. The summed E-state index contributed by atoms with van der Waals surface area (Å²) in [5, 5.41) is 13.1. The zero-order valence-electron chi connectivity index (χ0n) is 17.5. The Morgan fingerprint density at radius 1 is 1.00 bits per heavy atom. The summed E-state index contributed by atoms with van der Waals surface area (Å²) in [5.74, 6) is 0.488. The van der Waals surface area contributed by atoms with E-state index in [-0.39, 0.29) is 5.04 Å². The lowest BCUT2D eigenvalue weighted by Crippen LogP contribution is -2.67. The molecular formula is C25H34O2Si. The fourth-order valence-electron chi connectivity index (χ4n) is 4.55. The van der Waals surface area contributed by atoms with Gasteiger partial charge in [0.15, 0.2) is 0 Å². The number of hydrogen-bond acceptors (Lipinski definition) is 2. The second-order valence-electron chi connectivity index (χ2n) is 9.23. The molecule has 0 radical (unpaired) electrons. The maximum Gasteiger partial charge on any atom is 0.261 e. The van der Waals surface area contributed by atoms with Gasteiger partial charge in [0.1, 0.15) is 0 Å². The van der Waals surface area contributed by atoms with Crippen LogP contribution in [-0.2, 0) is 4.43 Å². The first-order valence-corrected chi connectivity index (χ1v) is 12.3. The molecule has 28 heavy (non-hydrogen) atoms. The van der Waals surface area contributed by atoms with Gasteiger partial charge in [0.25, 0.3) is 8.32 Å². The summed E-state index contributed by atoms with van der Waals surface area (Å²) in [6.45, 7) is 11.5. The summed E-state index contributed by atoms with van der Waals surface area (Å²) in [4.78, 5) is 0. The molecule has 2 nitrogen and oxygen atoms in total. The van der Waals surface area contributed by atoms with Crippen LogP contribution in [0.2, 0.25) is 5.04 Å². The highest BCUT2D eigenvalue weighted by molar-refractivity contribution is 6.99. The van der Waals surface area contributed by atoms with E-state index in [1.54, 1.807) is 6.08 Å². The molecule has 0 unspecified atom stereocenters. The molecule has 0 amide bonds. The summed E-state index contributed by atoms with van der Waals surface area (Å²) < 4.78 is 7.04. The third-order valence-electron chi connectivity index (χ3n) is 6.30. The van der Waals surface area contributed by atoms with Crippen molar-refractivity contribution in [2.75, 3.05) is 6.61 Å². The predicted molar refractivity (Wildman–Crippen MR) is 121 cm³/mol. The minimum atomic E-state index is -2.46. The van der Waals surface area contributed by atoms with Gasteiger partial charge in [-0.1, -0.05) is 87.5 Å². The van der Waals surface area contributed by atoms with E-state index >= 15 is 0 Å². The number of hydrogen-bond donors (Lipinski definition) is 1. The molecule has 0 heterocycles. The Morgan fingerprint density at radius 3 is 1.86 bits per heavy atom. The Morgan fingerprint density at radius 2 is 1.46 bits per heavy atom. The van der Waals surface area contributed by atoms with Crippen LogP contribution < -0.4 is 10.4 Å². The quantitative estimate of drug-likeness (QED) is 0.570. The van der Waals surface area contributed by atoms with Crippen molar-refractivity contribution in [3.05, 3.63) is 73.3 Å². The molecule has 0 spiro atoms. The third kappa shape index (κ3) is 4.17. The average Bonchev–Trinajstić information content (AvgIpc) is 2.70. The second-order valence-corrected chi connectivity index (χ2v) is 13.5. The summed E-state index contributed by atoms with van der Waals surface area (Å²) in [5.41, 5.74) is -0.687. The van der Waals surface area contributed by atoms with Crippen LogP contribution >= 0.6 is 0 Å². The zero-order chi connectivity index (χ0) is 20.3. The summed E-state index contributed by atoms with van der Waals surface area (Å²) >= 11 is 0. The fourth-order valence-corrected chi connectivity index (χ4v) is 9.19. The van der Waals surface area contributed by atoms with Gasteiger partial charge in [0.05, 0.1) is 5.60 Å². The minimum absolute atomic E-state index is 0.00618. The van der Waals surface area contributed by atoms with Crippen molar-refractivity contribution in [1.29, 1.82) is 0 Å². The van der Waals surface area contributed by atoms with Crippen LogP contribution in [0.5, 0.6) is 0 Å². The van der Waals surface area contributed by atoms with Crippen molar-refractivity contribution in [2.45, 2.75) is 57.1 Å². The van der Waals surface area contributed by atoms with E-state index in [1.165, 1.54) is 10.4 Å². The molecular weight excluding hydrogens is 360 g/mol. The van der Waals surface area contributed by atoms with Gasteiger partial charge in [0.2, 0.25) is 0 Å². The first-order chi connectivity index (χ1) is 13.3. The SMILES string of the molecule is C=CC1(O)CCC(CO[Si](c2ccccc2)(c2ccccc2)C(C)(C)C)CC1. The Kier molecular flexibility index (Phi) is 6.28. The van der Waals surface area contributed by atoms with Crippen molar-refractivity contribution in [3.63, 3.8) is 0 Å². The largest absolute Gasteiger partial charge is 0.407 e. The van der Waals surface area contributed by atoms with Crippen LogP contribution in [-0.4, -0.2) is 25.6 Å². The van der Waals surface area contributed by atoms with Gasteiger partial charge in [-0.15, -0.1) is 6.58 Å². The number of aliphatic hydroxyl groups is 1. The first kappa shape index (κ1) is 21.0. The lowest BCUT2D eigenvalue weighted by atomic mass is 9.79. The van der Waals surface area contributed by atoms with Crippen LogP contribution in [0, 0.1) is 5.92 Å². The molecule has 0 saturated heterocycles. The van der Waals surface area contributed by atoms with Crippen LogP contribution in [0.3, 0.4) is 0 Å². The standard InChI is InChI=1S/C25H34O2Si/c1-5-25(26)18-16-21(17-19-25)20-27-28(24(2,3)4,22-12-8-6-9-13-22)23-14-10-7-11-15-23/h5-15,21,26H,1,16-20H2,2-4H3. The van der Waals surface area contributed by atoms with E-state index in [0.717, 1.165) is 32.3 Å². The van der Waals surface area contributed by atoms with Crippen molar-refractivity contribution in [3.8, 4) is 0 Å². The summed E-state index contributed by atoms with van der Waals surface area (Å²) in [6.07, 6.45) is 5.25. The first-order valence-electron chi connectivity index (χ1n) is 10.4. The van der Waals surface area contributed by atoms with Gasteiger partial charge in [-0.3, -0.25) is 0 Å². The average molecular weight is 395 g/mol. The van der Waals surface area contributed by atoms with Crippen molar-refractivity contribution in [2.24, 2.45) is 5.92 Å². The minimum Gasteiger partial charge on any atom is -0.407 e. The van der Waals surface area contributed by atoms with E-state index in [9.17, 15) is 5.11 Å². The number of rotatable bonds is 6. The molecule has 2 aromatic carbocycles. The Labute approximate surface area is 171 Å². The van der Waals surface area contributed by atoms with E-state index in [0.29, 0.717) is 5.92 Å². The molecule has 3 heteroatoms. The Balaban J connectivity index is 1.92. The van der Waals surface area contributed by atoms with Crippen LogP contribution in [0.15, 0.2) is 73.3 Å². The van der Waals surface area contributed by atoms with Gasteiger partial charge in [-0.25, -0.2) is 0 Å². The van der Waals surface area contributed by atoms with Crippen LogP contribution in [0.1, 0.15) is 46.5 Å². The van der Waals surface area contributed by atoms with E-state index in [1.807, 2.05) is 0 Å². The Bertz CT molecular complexity index is 717. The molecule has 1 saturated carbocycles. The molecule has 1 fully saturated rings. The highest BCUT2D eigenvalue weighted by Crippen LogP contribution is 2.39. The number of benzene rings is 2. The van der Waals surface area contributed by atoms with Crippen molar-refractivity contribution < 1.29 is 9.53 Å². The molecule has 1 aliphatic carbocycles. The molecule has 0 bridgehead atoms. The smallest absolute Gasteiger partial charge is 0.261 e. The van der Waals surface area contributed by atoms with Crippen LogP contribution in [0.4, 0.5) is 0 Å². The molecule has 1 aliphatic rings. The second kappa shape index (κ2) is 8.36. The third-order valence-corrected chi connectivity index (χ3v) is 11.3. The van der Waals surface area contributed by atoms with Crippen molar-refractivity contribution in [1.82, 2.24) is 0 Å².